The standard InChI is InChI=1S/C39H43O2P2/c1-25-15-10-12-18-35(25)42(36-19-13-11-16-26(36)2)31(7)34-17-14-20-37(34)43(32-21-27(3)38(40-8)28(4)22-32)33-23-29(5)39(41-9)30(6)24-33/h10-24,31H,1-9H3/t31-/m0/s1. The highest BCUT2D eigenvalue weighted by molar-refractivity contribution is 7.77. The second-order valence-electron chi connectivity index (χ2n) is 11.5. The van der Waals surface area contributed by atoms with Gasteiger partial charge in [0.25, 0.3) is 0 Å². The van der Waals surface area contributed by atoms with Crippen molar-refractivity contribution in [2.75, 3.05) is 14.2 Å². The van der Waals surface area contributed by atoms with Crippen LogP contribution in [0.3, 0.4) is 0 Å². The first-order chi connectivity index (χ1) is 20.7. The van der Waals surface area contributed by atoms with E-state index >= 15 is 0 Å². The Labute approximate surface area is 261 Å². The number of hydrogen-bond donors (Lipinski definition) is 0. The van der Waals surface area contributed by atoms with Crippen molar-refractivity contribution in [2.45, 2.75) is 54.1 Å². The highest BCUT2D eigenvalue weighted by Crippen LogP contribution is 2.57. The molecule has 0 aliphatic heterocycles. The van der Waals surface area contributed by atoms with Crippen molar-refractivity contribution >= 4 is 37.1 Å². The Kier molecular flexibility index (Phi) is 9.60. The van der Waals surface area contributed by atoms with Crippen LogP contribution in [0.2, 0.25) is 0 Å². The third kappa shape index (κ3) is 6.11. The second-order valence-corrected chi connectivity index (χ2v) is 16.2. The summed E-state index contributed by atoms with van der Waals surface area (Å²) in [6.07, 6.45) is 7.03. The van der Waals surface area contributed by atoms with Gasteiger partial charge in [0.05, 0.1) is 14.2 Å². The summed E-state index contributed by atoms with van der Waals surface area (Å²) in [5.74, 6) is 3.39. The van der Waals surface area contributed by atoms with Gasteiger partial charge in [0.15, 0.2) is 0 Å². The van der Waals surface area contributed by atoms with Crippen LogP contribution in [-0.4, -0.2) is 19.9 Å². The Hall–Kier alpha value is -3.18. The van der Waals surface area contributed by atoms with Gasteiger partial charge >= 0.3 is 0 Å². The zero-order valence-electron chi connectivity index (χ0n) is 26.9. The molecular formula is C39H43O2P2. The molecule has 1 aliphatic carbocycles. The number of methoxy groups -OCH3 is 2. The highest BCUT2D eigenvalue weighted by Gasteiger charge is 2.36. The molecule has 221 valence electrons. The maximum Gasteiger partial charge on any atom is 0.124 e. The zero-order chi connectivity index (χ0) is 30.8. The van der Waals surface area contributed by atoms with Crippen molar-refractivity contribution in [3.05, 3.63) is 136 Å². The van der Waals surface area contributed by atoms with Crippen LogP contribution in [0.15, 0.2) is 96.3 Å². The largest absolute Gasteiger partial charge is 0.496 e. The van der Waals surface area contributed by atoms with E-state index in [-0.39, 0.29) is 0 Å². The van der Waals surface area contributed by atoms with Crippen LogP contribution in [0.1, 0.15) is 40.3 Å². The van der Waals surface area contributed by atoms with Crippen LogP contribution in [0, 0.1) is 47.5 Å². The van der Waals surface area contributed by atoms with Gasteiger partial charge in [-0.1, -0.05) is 73.7 Å². The molecule has 1 atom stereocenters. The van der Waals surface area contributed by atoms with Gasteiger partial charge in [0.2, 0.25) is 0 Å². The first kappa shape index (κ1) is 31.3. The Balaban J connectivity index is 1.68. The lowest BCUT2D eigenvalue weighted by molar-refractivity contribution is 0.408. The number of ether oxygens (including phenoxy) is 2. The molecule has 0 heterocycles. The monoisotopic (exact) mass is 605 g/mol. The van der Waals surface area contributed by atoms with Gasteiger partial charge in [-0.15, -0.1) is 0 Å². The molecule has 0 bridgehead atoms. The lowest BCUT2D eigenvalue weighted by atomic mass is 10.1. The molecule has 0 N–H and O–H groups in total. The van der Waals surface area contributed by atoms with Crippen molar-refractivity contribution in [2.24, 2.45) is 0 Å². The van der Waals surface area contributed by atoms with Gasteiger partial charge in [0, 0.05) is 5.92 Å². The minimum Gasteiger partial charge on any atom is -0.496 e. The molecule has 2 nitrogen and oxygen atoms in total. The van der Waals surface area contributed by atoms with Crippen molar-refractivity contribution in [3.63, 3.8) is 0 Å². The SMILES string of the molecule is COc1c(C)cc(P(C2=CC=C[C]2[C@H](C)P(c2ccccc2C)c2ccccc2C)c2cc(C)c(OC)c(C)c2)cc1C. The quantitative estimate of drug-likeness (QED) is 0.178. The zero-order valence-corrected chi connectivity index (χ0v) is 28.7. The summed E-state index contributed by atoms with van der Waals surface area (Å²) in [7, 11) is 2.04. The Morgan fingerprint density at radius 1 is 0.581 bits per heavy atom. The molecule has 0 saturated heterocycles. The van der Waals surface area contributed by atoms with E-state index in [0.29, 0.717) is 5.66 Å². The van der Waals surface area contributed by atoms with E-state index in [9.17, 15) is 0 Å². The minimum atomic E-state index is -0.840. The molecule has 0 fully saturated rings. The van der Waals surface area contributed by atoms with Gasteiger partial charge in [0.1, 0.15) is 11.5 Å². The first-order valence-corrected chi connectivity index (χ1v) is 17.7. The Morgan fingerprint density at radius 2 is 1.00 bits per heavy atom. The number of hydrogen-bond acceptors (Lipinski definition) is 2. The summed E-state index contributed by atoms with van der Waals surface area (Å²) in [5.41, 5.74) is 7.76. The van der Waals surface area contributed by atoms with Crippen LogP contribution < -0.4 is 30.7 Å². The van der Waals surface area contributed by atoms with E-state index in [1.165, 1.54) is 65.8 Å². The number of rotatable bonds is 9. The molecule has 4 heteroatoms. The molecule has 1 aliphatic rings. The molecule has 0 amide bonds. The molecule has 4 aromatic rings. The molecule has 0 saturated carbocycles. The topological polar surface area (TPSA) is 18.5 Å². The van der Waals surface area contributed by atoms with Crippen LogP contribution in [0.5, 0.6) is 11.5 Å². The fraction of sp³-hybridized carbons (Fsp3) is 0.256. The predicted molar refractivity (Wildman–Crippen MR) is 190 cm³/mol. The molecule has 0 unspecified atom stereocenters. The molecule has 4 aromatic carbocycles. The number of aryl methyl sites for hydroxylation is 6. The van der Waals surface area contributed by atoms with Crippen LogP contribution >= 0.6 is 15.8 Å². The maximum atomic E-state index is 5.78. The summed E-state index contributed by atoms with van der Waals surface area (Å²) < 4.78 is 11.6. The molecular weight excluding hydrogens is 562 g/mol. The van der Waals surface area contributed by atoms with E-state index in [0.717, 1.165) is 11.5 Å². The normalized spacial score (nSPS) is 14.0. The van der Waals surface area contributed by atoms with Crippen molar-refractivity contribution in [3.8, 4) is 11.5 Å². The first-order valence-electron chi connectivity index (χ1n) is 14.9. The van der Waals surface area contributed by atoms with Crippen molar-refractivity contribution in [1.29, 1.82) is 0 Å². The minimum absolute atomic E-state index is 0.327. The lowest BCUT2D eigenvalue weighted by Crippen LogP contribution is -2.28. The second kappa shape index (κ2) is 13.2. The summed E-state index contributed by atoms with van der Waals surface area (Å²) in [6.45, 7) is 15.6. The van der Waals surface area contributed by atoms with E-state index in [1.807, 2.05) is 0 Å². The smallest absolute Gasteiger partial charge is 0.124 e. The lowest BCUT2D eigenvalue weighted by Gasteiger charge is -2.35. The fourth-order valence-corrected chi connectivity index (χ4v) is 12.5. The predicted octanol–water partition coefficient (Wildman–Crippen LogP) is 8.54. The van der Waals surface area contributed by atoms with Gasteiger partial charge < -0.3 is 9.47 Å². The summed E-state index contributed by atoms with van der Waals surface area (Å²) >= 11 is 0. The number of benzene rings is 4. The van der Waals surface area contributed by atoms with Crippen LogP contribution in [-0.2, 0) is 0 Å². The van der Waals surface area contributed by atoms with Gasteiger partial charge in [-0.3, -0.25) is 0 Å². The number of allylic oxidation sites excluding steroid dienone is 4. The van der Waals surface area contributed by atoms with Crippen LogP contribution in [0.25, 0.3) is 0 Å². The fourth-order valence-electron chi connectivity index (χ4n) is 6.52. The summed E-state index contributed by atoms with van der Waals surface area (Å²) in [4.78, 5) is 0. The van der Waals surface area contributed by atoms with E-state index in [2.05, 4.69) is 139 Å². The Bertz CT molecular complexity index is 1550. The third-order valence-electron chi connectivity index (χ3n) is 8.47. The van der Waals surface area contributed by atoms with Crippen molar-refractivity contribution < 1.29 is 9.47 Å². The van der Waals surface area contributed by atoms with E-state index < -0.39 is 15.8 Å². The Morgan fingerprint density at radius 3 is 1.40 bits per heavy atom. The third-order valence-corrected chi connectivity index (χ3v) is 14.0. The highest BCUT2D eigenvalue weighted by atomic mass is 31.1. The average Bonchev–Trinajstić information content (AvgIpc) is 3.44. The molecule has 43 heavy (non-hydrogen) atoms. The molecule has 5 rings (SSSR count). The molecule has 1 radical (unpaired) electrons. The van der Waals surface area contributed by atoms with Gasteiger partial charge in [-0.25, -0.2) is 0 Å². The maximum absolute atomic E-state index is 5.78. The van der Waals surface area contributed by atoms with Crippen molar-refractivity contribution in [1.82, 2.24) is 0 Å². The van der Waals surface area contributed by atoms with Crippen LogP contribution in [0.4, 0.5) is 0 Å². The summed E-state index contributed by atoms with van der Waals surface area (Å²) in [5, 5.41) is 7.06. The average molecular weight is 606 g/mol. The van der Waals surface area contributed by atoms with Gasteiger partial charge in [-0.2, -0.15) is 0 Å². The molecule has 0 spiro atoms. The van der Waals surface area contributed by atoms with E-state index in [1.54, 1.807) is 14.2 Å². The van der Waals surface area contributed by atoms with E-state index in [4.69, 9.17) is 9.47 Å². The molecule has 0 aromatic heterocycles. The van der Waals surface area contributed by atoms with Gasteiger partial charge in [-0.05, 0) is 147 Å². The summed E-state index contributed by atoms with van der Waals surface area (Å²) in [6, 6.07) is 27.3.